The zero-order chi connectivity index (χ0) is 13.4. The molecule has 0 spiro atoms. The van der Waals surface area contributed by atoms with Crippen LogP contribution < -0.4 is 10.1 Å². The van der Waals surface area contributed by atoms with Gasteiger partial charge in [0, 0.05) is 17.7 Å². The average molecular weight is 267 g/mol. The van der Waals surface area contributed by atoms with Gasteiger partial charge in [-0.25, -0.2) is 0 Å². The second kappa shape index (κ2) is 4.79. The first kappa shape index (κ1) is 12.4. The van der Waals surface area contributed by atoms with Crippen molar-refractivity contribution < 1.29 is 18.3 Å². The molecule has 1 aromatic carbocycles. The average Bonchev–Trinajstić information content (AvgIpc) is 2.95. The van der Waals surface area contributed by atoms with Gasteiger partial charge in [0.2, 0.25) is 5.91 Å². The third-order valence-electron chi connectivity index (χ3n) is 3.94. The highest BCUT2D eigenvalue weighted by atomic mass is 19.3. The van der Waals surface area contributed by atoms with Crippen LogP contribution in [0.5, 0.6) is 5.75 Å². The van der Waals surface area contributed by atoms with Gasteiger partial charge in [-0.1, -0.05) is 6.07 Å². The van der Waals surface area contributed by atoms with Gasteiger partial charge >= 0.3 is 6.61 Å². The van der Waals surface area contributed by atoms with Crippen molar-refractivity contribution in [1.29, 1.82) is 0 Å². The smallest absolute Gasteiger partial charge is 0.387 e. The molecule has 0 aliphatic heterocycles. The first-order valence-corrected chi connectivity index (χ1v) is 6.47. The molecule has 3 rings (SSSR count). The molecule has 1 aromatic rings. The van der Waals surface area contributed by atoms with E-state index < -0.39 is 6.61 Å². The Morgan fingerprint density at radius 3 is 2.68 bits per heavy atom. The molecule has 2 unspecified atom stereocenters. The molecule has 19 heavy (non-hydrogen) atoms. The Morgan fingerprint density at radius 2 is 2.00 bits per heavy atom. The number of halogens is 2. The van der Waals surface area contributed by atoms with E-state index in [9.17, 15) is 13.6 Å². The van der Waals surface area contributed by atoms with Crippen LogP contribution in [-0.2, 0) is 4.79 Å². The SMILES string of the molecule is O=C(Nc1cccc(OC(F)F)c1)C1CC2CC2C1. The van der Waals surface area contributed by atoms with Crippen molar-refractivity contribution in [2.45, 2.75) is 25.9 Å². The van der Waals surface area contributed by atoms with Crippen LogP contribution in [0.15, 0.2) is 24.3 Å². The Bertz CT molecular complexity index is 482. The van der Waals surface area contributed by atoms with Crippen molar-refractivity contribution >= 4 is 11.6 Å². The monoisotopic (exact) mass is 267 g/mol. The summed E-state index contributed by atoms with van der Waals surface area (Å²) in [6, 6.07) is 6.11. The van der Waals surface area contributed by atoms with E-state index in [0.29, 0.717) is 5.69 Å². The highest BCUT2D eigenvalue weighted by Gasteiger charge is 2.47. The van der Waals surface area contributed by atoms with Crippen molar-refractivity contribution in [2.75, 3.05) is 5.32 Å². The highest BCUT2D eigenvalue weighted by molar-refractivity contribution is 5.93. The number of hydrogen-bond donors (Lipinski definition) is 1. The molecule has 2 atom stereocenters. The third-order valence-corrected chi connectivity index (χ3v) is 3.94. The maximum atomic E-state index is 12.1. The Morgan fingerprint density at radius 1 is 1.26 bits per heavy atom. The number of carbonyl (C=O) groups is 1. The Hall–Kier alpha value is -1.65. The second-order valence-electron chi connectivity index (χ2n) is 5.32. The van der Waals surface area contributed by atoms with Gasteiger partial charge in [-0.3, -0.25) is 4.79 Å². The number of rotatable bonds is 4. The maximum Gasteiger partial charge on any atom is 0.387 e. The summed E-state index contributed by atoms with van der Waals surface area (Å²) in [5.74, 6) is 1.60. The fraction of sp³-hybridized carbons (Fsp3) is 0.500. The third kappa shape index (κ3) is 2.85. The zero-order valence-electron chi connectivity index (χ0n) is 10.3. The standard InChI is InChI=1S/C14H15F2NO2/c15-14(16)19-12-3-1-2-11(7-12)17-13(18)10-5-8-4-9(8)6-10/h1-3,7-10,14H,4-6H2,(H,17,18). The van der Waals surface area contributed by atoms with Crippen LogP contribution in [0.3, 0.4) is 0 Å². The van der Waals surface area contributed by atoms with E-state index in [1.807, 2.05) is 0 Å². The van der Waals surface area contributed by atoms with E-state index in [1.54, 1.807) is 12.1 Å². The largest absolute Gasteiger partial charge is 0.435 e. The summed E-state index contributed by atoms with van der Waals surface area (Å²) in [7, 11) is 0. The van der Waals surface area contributed by atoms with Crippen LogP contribution >= 0.6 is 0 Å². The summed E-state index contributed by atoms with van der Waals surface area (Å²) in [6.07, 6.45) is 3.19. The fourth-order valence-electron chi connectivity index (χ4n) is 2.92. The molecular formula is C14H15F2NO2. The predicted molar refractivity (Wildman–Crippen MR) is 66.0 cm³/mol. The molecule has 0 heterocycles. The van der Waals surface area contributed by atoms with Crippen LogP contribution in [0.4, 0.5) is 14.5 Å². The summed E-state index contributed by atoms with van der Waals surface area (Å²) in [5.41, 5.74) is 0.503. The number of ether oxygens (including phenoxy) is 1. The summed E-state index contributed by atoms with van der Waals surface area (Å²) in [6.45, 7) is -2.85. The van der Waals surface area contributed by atoms with Gasteiger partial charge in [0.15, 0.2) is 0 Å². The molecule has 2 aliphatic rings. The van der Waals surface area contributed by atoms with E-state index >= 15 is 0 Å². The number of nitrogens with one attached hydrogen (secondary N) is 1. The van der Waals surface area contributed by atoms with Gasteiger partial charge in [-0.05, 0) is 43.2 Å². The van der Waals surface area contributed by atoms with E-state index in [-0.39, 0.29) is 17.6 Å². The van der Waals surface area contributed by atoms with Crippen LogP contribution in [0.1, 0.15) is 19.3 Å². The number of hydrogen-bond acceptors (Lipinski definition) is 2. The minimum atomic E-state index is -2.85. The number of anilines is 1. The Kier molecular flexibility index (Phi) is 3.12. The van der Waals surface area contributed by atoms with Gasteiger partial charge in [0.05, 0.1) is 0 Å². The molecule has 1 N–H and O–H groups in total. The predicted octanol–water partition coefficient (Wildman–Crippen LogP) is 3.27. The fourth-order valence-corrected chi connectivity index (χ4v) is 2.92. The highest BCUT2D eigenvalue weighted by Crippen LogP contribution is 2.54. The molecule has 2 fully saturated rings. The minimum Gasteiger partial charge on any atom is -0.435 e. The van der Waals surface area contributed by atoms with E-state index in [4.69, 9.17) is 0 Å². The Balaban J connectivity index is 1.60. The van der Waals surface area contributed by atoms with Crippen LogP contribution in [0.25, 0.3) is 0 Å². The van der Waals surface area contributed by atoms with E-state index in [0.717, 1.165) is 24.7 Å². The lowest BCUT2D eigenvalue weighted by molar-refractivity contribution is -0.120. The molecule has 2 aliphatic carbocycles. The lowest BCUT2D eigenvalue weighted by Gasteiger charge is -2.13. The molecule has 2 saturated carbocycles. The molecule has 0 bridgehead atoms. The van der Waals surface area contributed by atoms with Crippen molar-refractivity contribution in [3.05, 3.63) is 24.3 Å². The zero-order valence-corrected chi connectivity index (χ0v) is 10.3. The van der Waals surface area contributed by atoms with Gasteiger partial charge in [-0.2, -0.15) is 8.78 Å². The first-order chi connectivity index (χ1) is 9.11. The Labute approximate surface area is 109 Å². The first-order valence-electron chi connectivity index (χ1n) is 6.47. The van der Waals surface area contributed by atoms with Gasteiger partial charge in [-0.15, -0.1) is 0 Å². The lowest BCUT2D eigenvalue weighted by Crippen LogP contribution is -2.21. The van der Waals surface area contributed by atoms with Crippen LogP contribution in [0, 0.1) is 17.8 Å². The molecule has 1 amide bonds. The quantitative estimate of drug-likeness (QED) is 0.909. The van der Waals surface area contributed by atoms with Crippen LogP contribution in [0.2, 0.25) is 0 Å². The normalized spacial score (nSPS) is 28.1. The summed E-state index contributed by atoms with van der Waals surface area (Å²) in [4.78, 5) is 12.0. The van der Waals surface area contributed by atoms with Crippen molar-refractivity contribution in [3.8, 4) is 5.75 Å². The number of carbonyl (C=O) groups excluding carboxylic acids is 1. The van der Waals surface area contributed by atoms with Gasteiger partial charge < -0.3 is 10.1 Å². The number of benzene rings is 1. The van der Waals surface area contributed by atoms with Gasteiger partial charge in [0.1, 0.15) is 5.75 Å². The van der Waals surface area contributed by atoms with Gasteiger partial charge in [0.25, 0.3) is 0 Å². The number of fused-ring (bicyclic) bond motifs is 1. The van der Waals surface area contributed by atoms with E-state index in [1.165, 1.54) is 18.6 Å². The number of alkyl halides is 2. The molecular weight excluding hydrogens is 252 g/mol. The number of amides is 1. The van der Waals surface area contributed by atoms with E-state index in [2.05, 4.69) is 10.1 Å². The lowest BCUT2D eigenvalue weighted by atomic mass is 10.0. The molecule has 102 valence electrons. The maximum absolute atomic E-state index is 12.1. The van der Waals surface area contributed by atoms with Crippen LogP contribution in [-0.4, -0.2) is 12.5 Å². The van der Waals surface area contributed by atoms with Crippen molar-refractivity contribution in [1.82, 2.24) is 0 Å². The van der Waals surface area contributed by atoms with Crippen molar-refractivity contribution in [2.24, 2.45) is 17.8 Å². The molecule has 0 aromatic heterocycles. The van der Waals surface area contributed by atoms with Crippen molar-refractivity contribution in [3.63, 3.8) is 0 Å². The molecule has 5 heteroatoms. The molecule has 3 nitrogen and oxygen atoms in total. The summed E-state index contributed by atoms with van der Waals surface area (Å²) >= 11 is 0. The molecule has 0 saturated heterocycles. The summed E-state index contributed by atoms with van der Waals surface area (Å²) in [5, 5.41) is 2.77. The summed E-state index contributed by atoms with van der Waals surface area (Å²) < 4.78 is 28.5. The topological polar surface area (TPSA) is 38.3 Å². The second-order valence-corrected chi connectivity index (χ2v) is 5.32. The molecule has 0 radical (unpaired) electrons. The minimum absolute atomic E-state index is 0.0126.